The lowest BCUT2D eigenvalue weighted by Gasteiger charge is -2.32. The second-order valence-electron chi connectivity index (χ2n) is 3.96. The molecule has 1 aromatic carbocycles. The topological polar surface area (TPSA) is 6.48 Å². The Bertz CT molecular complexity index is 384. The molecule has 1 unspecified atom stereocenters. The highest BCUT2D eigenvalue weighted by atomic mass is 19.2. The van der Waals surface area contributed by atoms with Gasteiger partial charge in [0.2, 0.25) is 0 Å². The monoisotopic (exact) mass is 206 g/mol. The Balaban J connectivity index is 2.38. The third-order valence-electron chi connectivity index (χ3n) is 3.00. The molecule has 80 valence electrons. The zero-order chi connectivity index (χ0) is 11.1. The molecule has 0 aliphatic carbocycles. The molecule has 2 rings (SSSR count). The summed E-state index contributed by atoms with van der Waals surface area (Å²) >= 11 is 0. The van der Waals surface area contributed by atoms with Crippen molar-refractivity contribution in [3.8, 4) is 0 Å². The number of rotatable bonds is 1. The fraction of sp³-hybridized carbons (Fsp3) is 0.333. The number of benzene rings is 1. The number of nitrogens with zero attached hydrogens (tertiary/aromatic N) is 2. The van der Waals surface area contributed by atoms with Gasteiger partial charge in [-0.3, -0.25) is 0 Å². The van der Waals surface area contributed by atoms with Crippen molar-refractivity contribution in [2.75, 3.05) is 14.1 Å². The molecule has 0 N–H and O–H groups in total. The molecule has 1 aliphatic heterocycles. The molecule has 0 aromatic heterocycles. The van der Waals surface area contributed by atoms with Crippen LogP contribution in [0.2, 0.25) is 0 Å². The molecule has 1 aliphatic rings. The predicted octanol–water partition coefficient (Wildman–Crippen LogP) is 2.51. The third-order valence-corrected chi connectivity index (χ3v) is 3.00. The minimum Gasteiger partial charge on any atom is -0.330 e. The standard InChI is InChI=1S/C12H15FN2/c1-12(13)14(2)9-11(15(12)3)10-7-5-4-6-8-10/h4-9H,1-3H3. The SMILES string of the molecule is CN1C=C(c2ccccc2)N(C)C1(C)F. The van der Waals surface area contributed by atoms with Gasteiger partial charge in [0.25, 0.3) is 5.92 Å². The Hall–Kier alpha value is -1.51. The van der Waals surface area contributed by atoms with Gasteiger partial charge in [-0.05, 0) is 5.56 Å². The van der Waals surface area contributed by atoms with Crippen molar-refractivity contribution in [1.29, 1.82) is 0 Å². The van der Waals surface area contributed by atoms with Crippen molar-refractivity contribution in [3.63, 3.8) is 0 Å². The summed E-state index contributed by atoms with van der Waals surface area (Å²) < 4.78 is 14.1. The van der Waals surface area contributed by atoms with Crippen LogP contribution in [0.1, 0.15) is 12.5 Å². The minimum atomic E-state index is -1.44. The molecule has 0 saturated carbocycles. The van der Waals surface area contributed by atoms with Crippen LogP contribution in [-0.4, -0.2) is 29.8 Å². The van der Waals surface area contributed by atoms with E-state index in [1.165, 1.54) is 0 Å². The highest BCUT2D eigenvalue weighted by Crippen LogP contribution is 2.35. The highest BCUT2D eigenvalue weighted by Gasteiger charge is 2.39. The van der Waals surface area contributed by atoms with Gasteiger partial charge >= 0.3 is 0 Å². The predicted molar refractivity (Wildman–Crippen MR) is 59.5 cm³/mol. The first-order valence-corrected chi connectivity index (χ1v) is 4.96. The molecule has 1 heterocycles. The molecule has 15 heavy (non-hydrogen) atoms. The Morgan fingerprint density at radius 1 is 1.13 bits per heavy atom. The van der Waals surface area contributed by atoms with Crippen LogP contribution in [0.4, 0.5) is 4.39 Å². The molecule has 0 radical (unpaired) electrons. The lowest BCUT2D eigenvalue weighted by molar-refractivity contribution is -0.0492. The van der Waals surface area contributed by atoms with E-state index >= 15 is 0 Å². The van der Waals surface area contributed by atoms with Gasteiger partial charge in [-0.2, -0.15) is 4.39 Å². The fourth-order valence-electron chi connectivity index (χ4n) is 1.72. The number of halogens is 1. The summed E-state index contributed by atoms with van der Waals surface area (Å²) in [6.07, 6.45) is 1.83. The van der Waals surface area contributed by atoms with Gasteiger partial charge in [-0.25, -0.2) is 0 Å². The van der Waals surface area contributed by atoms with E-state index < -0.39 is 5.92 Å². The van der Waals surface area contributed by atoms with E-state index in [1.807, 2.05) is 36.5 Å². The van der Waals surface area contributed by atoms with Crippen molar-refractivity contribution in [2.24, 2.45) is 0 Å². The Morgan fingerprint density at radius 3 is 2.20 bits per heavy atom. The average Bonchev–Trinajstić information content (AvgIpc) is 2.44. The molecular weight excluding hydrogens is 191 g/mol. The average molecular weight is 206 g/mol. The van der Waals surface area contributed by atoms with Crippen LogP contribution in [0.5, 0.6) is 0 Å². The molecule has 0 amide bonds. The van der Waals surface area contributed by atoms with Crippen LogP contribution >= 0.6 is 0 Å². The first-order valence-electron chi connectivity index (χ1n) is 4.96. The van der Waals surface area contributed by atoms with E-state index in [4.69, 9.17) is 0 Å². The molecule has 1 atom stereocenters. The molecule has 1 aromatic rings. The second kappa shape index (κ2) is 3.26. The Morgan fingerprint density at radius 2 is 1.73 bits per heavy atom. The molecular formula is C12H15FN2. The van der Waals surface area contributed by atoms with E-state index in [0.717, 1.165) is 11.3 Å². The van der Waals surface area contributed by atoms with E-state index in [0.29, 0.717) is 0 Å². The van der Waals surface area contributed by atoms with Gasteiger partial charge in [0, 0.05) is 27.2 Å². The summed E-state index contributed by atoms with van der Waals surface area (Å²) in [4.78, 5) is 3.22. The van der Waals surface area contributed by atoms with Gasteiger partial charge in [0.1, 0.15) is 0 Å². The summed E-state index contributed by atoms with van der Waals surface area (Å²) in [5.74, 6) is -1.44. The maximum atomic E-state index is 14.1. The zero-order valence-electron chi connectivity index (χ0n) is 9.24. The van der Waals surface area contributed by atoms with Crippen LogP contribution < -0.4 is 0 Å². The summed E-state index contributed by atoms with van der Waals surface area (Å²) in [6, 6.07) is 9.84. The van der Waals surface area contributed by atoms with Crippen LogP contribution in [0.3, 0.4) is 0 Å². The van der Waals surface area contributed by atoms with Gasteiger partial charge < -0.3 is 9.80 Å². The van der Waals surface area contributed by atoms with E-state index in [1.54, 1.807) is 30.8 Å². The molecule has 0 spiro atoms. The Kier molecular flexibility index (Phi) is 2.18. The second-order valence-corrected chi connectivity index (χ2v) is 3.96. The van der Waals surface area contributed by atoms with Crippen LogP contribution in [0.15, 0.2) is 36.5 Å². The smallest absolute Gasteiger partial charge is 0.256 e. The fourth-order valence-corrected chi connectivity index (χ4v) is 1.72. The maximum absolute atomic E-state index is 14.1. The van der Waals surface area contributed by atoms with Crippen molar-refractivity contribution in [2.45, 2.75) is 12.8 Å². The van der Waals surface area contributed by atoms with Crippen LogP contribution in [0, 0.1) is 0 Å². The van der Waals surface area contributed by atoms with Gasteiger partial charge in [0.05, 0.1) is 5.70 Å². The minimum absolute atomic E-state index is 0.906. The van der Waals surface area contributed by atoms with Gasteiger partial charge in [-0.15, -0.1) is 0 Å². The van der Waals surface area contributed by atoms with Crippen LogP contribution in [0.25, 0.3) is 5.70 Å². The first-order chi connectivity index (χ1) is 7.03. The van der Waals surface area contributed by atoms with Crippen LogP contribution in [-0.2, 0) is 0 Å². The number of hydrogen-bond acceptors (Lipinski definition) is 2. The first kappa shape index (κ1) is 10.0. The number of hydrogen-bond donors (Lipinski definition) is 0. The summed E-state index contributed by atoms with van der Waals surface area (Å²) in [7, 11) is 3.51. The highest BCUT2D eigenvalue weighted by molar-refractivity contribution is 5.65. The summed E-state index contributed by atoms with van der Waals surface area (Å²) in [5.41, 5.74) is 1.94. The van der Waals surface area contributed by atoms with E-state index in [-0.39, 0.29) is 0 Å². The van der Waals surface area contributed by atoms with E-state index in [2.05, 4.69) is 0 Å². The van der Waals surface area contributed by atoms with Crippen molar-refractivity contribution in [1.82, 2.24) is 9.80 Å². The van der Waals surface area contributed by atoms with Crippen molar-refractivity contribution in [3.05, 3.63) is 42.1 Å². The van der Waals surface area contributed by atoms with Gasteiger partial charge in [0.15, 0.2) is 0 Å². The van der Waals surface area contributed by atoms with Gasteiger partial charge in [-0.1, -0.05) is 30.3 Å². The summed E-state index contributed by atoms with van der Waals surface area (Å²) in [6.45, 7) is 1.56. The zero-order valence-corrected chi connectivity index (χ0v) is 9.24. The molecule has 0 bridgehead atoms. The lowest BCUT2D eigenvalue weighted by atomic mass is 10.1. The third kappa shape index (κ3) is 1.48. The maximum Gasteiger partial charge on any atom is 0.256 e. The normalized spacial score (nSPS) is 25.7. The number of alkyl halides is 1. The molecule has 3 heteroatoms. The quantitative estimate of drug-likeness (QED) is 0.651. The van der Waals surface area contributed by atoms with Crippen molar-refractivity contribution < 1.29 is 4.39 Å². The lowest BCUT2D eigenvalue weighted by Crippen LogP contribution is -2.43. The summed E-state index contributed by atoms with van der Waals surface area (Å²) in [5, 5.41) is 0. The largest absolute Gasteiger partial charge is 0.330 e. The molecule has 0 fully saturated rings. The van der Waals surface area contributed by atoms with Crippen molar-refractivity contribution >= 4 is 5.70 Å². The molecule has 0 saturated heterocycles. The van der Waals surface area contributed by atoms with E-state index in [9.17, 15) is 4.39 Å². The Labute approximate surface area is 89.6 Å². The molecule has 2 nitrogen and oxygen atoms in total.